The number of imidazole rings is 1. The summed E-state index contributed by atoms with van der Waals surface area (Å²) in [5.41, 5.74) is 3.17. The Morgan fingerprint density at radius 2 is 1.60 bits per heavy atom. The van der Waals surface area contributed by atoms with Crippen molar-refractivity contribution in [3.8, 4) is 0 Å². The zero-order valence-corrected chi connectivity index (χ0v) is 19.0. The topological polar surface area (TPSA) is 98.3 Å². The summed E-state index contributed by atoms with van der Waals surface area (Å²) >= 11 is 0. The minimum atomic E-state index is -0.511. The standard InChI is InChI=1S/C27H24N4O4/c32-26(29-14-12-20(13-15-29)16-19-4-2-1-3-5-19)22-8-11-24-25(17-22)30(18-28-24)27(33)21-6-9-23(10-7-21)31(34)35/h1-11,17-18,20H,12-16H2. The first-order valence-electron chi connectivity index (χ1n) is 11.6. The van der Waals surface area contributed by atoms with Crippen LogP contribution in [-0.4, -0.2) is 44.3 Å². The molecule has 176 valence electrons. The lowest BCUT2D eigenvalue weighted by molar-refractivity contribution is -0.384. The van der Waals surface area contributed by atoms with Gasteiger partial charge in [0.05, 0.1) is 16.0 Å². The maximum absolute atomic E-state index is 13.2. The van der Waals surface area contributed by atoms with Gasteiger partial charge in [-0.05, 0) is 61.1 Å². The second kappa shape index (κ2) is 9.50. The maximum atomic E-state index is 13.2. The first-order valence-corrected chi connectivity index (χ1v) is 11.6. The monoisotopic (exact) mass is 468 g/mol. The number of carbonyl (C=O) groups is 2. The van der Waals surface area contributed by atoms with E-state index in [-0.39, 0.29) is 17.5 Å². The SMILES string of the molecule is O=C(c1ccc2ncn(C(=O)c3ccc([N+](=O)[O-])cc3)c2c1)N1CCC(Cc2ccccc2)CC1. The molecule has 1 aliphatic rings. The average molecular weight is 469 g/mol. The highest BCUT2D eigenvalue weighted by atomic mass is 16.6. The fraction of sp³-hybridized carbons (Fsp3) is 0.222. The van der Waals surface area contributed by atoms with Crippen LogP contribution in [0.25, 0.3) is 11.0 Å². The van der Waals surface area contributed by atoms with Crippen molar-refractivity contribution >= 4 is 28.5 Å². The molecule has 0 aliphatic carbocycles. The molecule has 0 atom stereocenters. The van der Waals surface area contributed by atoms with E-state index in [4.69, 9.17) is 0 Å². The van der Waals surface area contributed by atoms with E-state index >= 15 is 0 Å². The minimum absolute atomic E-state index is 0.0550. The lowest BCUT2D eigenvalue weighted by atomic mass is 9.90. The van der Waals surface area contributed by atoms with Crippen molar-refractivity contribution in [2.75, 3.05) is 13.1 Å². The van der Waals surface area contributed by atoms with Crippen molar-refractivity contribution in [2.24, 2.45) is 5.92 Å². The van der Waals surface area contributed by atoms with Crippen molar-refractivity contribution in [3.05, 3.63) is 106 Å². The van der Waals surface area contributed by atoms with Crippen molar-refractivity contribution in [1.29, 1.82) is 0 Å². The van der Waals surface area contributed by atoms with Crippen LogP contribution in [0.15, 0.2) is 79.1 Å². The third-order valence-corrected chi connectivity index (χ3v) is 6.61. The van der Waals surface area contributed by atoms with Gasteiger partial charge in [0, 0.05) is 36.3 Å². The molecule has 8 heteroatoms. The predicted molar refractivity (Wildman–Crippen MR) is 131 cm³/mol. The van der Waals surface area contributed by atoms with Crippen LogP contribution in [0.5, 0.6) is 0 Å². The molecule has 0 unspecified atom stereocenters. The van der Waals surface area contributed by atoms with Gasteiger partial charge in [0.15, 0.2) is 0 Å². The van der Waals surface area contributed by atoms with Crippen LogP contribution in [-0.2, 0) is 6.42 Å². The number of non-ortho nitro benzene ring substituents is 1. The number of fused-ring (bicyclic) bond motifs is 1. The van der Waals surface area contributed by atoms with E-state index in [0.29, 0.717) is 41.2 Å². The van der Waals surface area contributed by atoms with Gasteiger partial charge in [-0.3, -0.25) is 24.3 Å². The van der Waals surface area contributed by atoms with E-state index in [1.54, 1.807) is 18.2 Å². The lowest BCUT2D eigenvalue weighted by Gasteiger charge is -2.32. The smallest absolute Gasteiger partial charge is 0.269 e. The number of nitro groups is 1. The third-order valence-electron chi connectivity index (χ3n) is 6.61. The van der Waals surface area contributed by atoms with Gasteiger partial charge in [-0.15, -0.1) is 0 Å². The second-order valence-electron chi connectivity index (χ2n) is 8.85. The Balaban J connectivity index is 1.30. The zero-order chi connectivity index (χ0) is 24.4. The molecule has 0 N–H and O–H groups in total. The summed E-state index contributed by atoms with van der Waals surface area (Å²) in [6, 6.07) is 21.0. The molecule has 4 aromatic rings. The molecule has 0 bridgehead atoms. The first kappa shape index (κ1) is 22.5. The summed E-state index contributed by atoms with van der Waals surface area (Å²) in [5.74, 6) is 0.138. The molecular formula is C27H24N4O4. The van der Waals surface area contributed by atoms with Crippen LogP contribution in [0, 0.1) is 16.0 Å². The molecule has 0 saturated carbocycles. The summed E-state index contributed by atoms with van der Waals surface area (Å²) in [6.07, 6.45) is 4.36. The Morgan fingerprint density at radius 1 is 0.914 bits per heavy atom. The number of likely N-dealkylation sites (tertiary alicyclic amines) is 1. The molecule has 3 aromatic carbocycles. The Hall–Kier alpha value is -4.33. The van der Waals surface area contributed by atoms with Crippen LogP contribution in [0.3, 0.4) is 0 Å². The Bertz CT molecular complexity index is 1390. The number of nitrogens with zero attached hydrogens (tertiary/aromatic N) is 4. The van der Waals surface area contributed by atoms with E-state index in [2.05, 4.69) is 29.2 Å². The van der Waals surface area contributed by atoms with Crippen molar-refractivity contribution in [2.45, 2.75) is 19.3 Å². The zero-order valence-electron chi connectivity index (χ0n) is 19.0. The maximum Gasteiger partial charge on any atom is 0.269 e. The second-order valence-corrected chi connectivity index (χ2v) is 8.85. The number of rotatable bonds is 5. The summed E-state index contributed by atoms with van der Waals surface area (Å²) in [6.45, 7) is 1.41. The molecule has 0 radical (unpaired) electrons. The number of piperidine rings is 1. The molecule has 2 heterocycles. The molecule has 1 saturated heterocycles. The summed E-state index contributed by atoms with van der Waals surface area (Å²) in [4.78, 5) is 42.8. The number of hydrogen-bond acceptors (Lipinski definition) is 5. The van der Waals surface area contributed by atoms with E-state index in [1.807, 2.05) is 11.0 Å². The quantitative estimate of drug-likeness (QED) is 0.312. The Kier molecular flexibility index (Phi) is 6.10. The van der Waals surface area contributed by atoms with Crippen LogP contribution in [0.4, 0.5) is 5.69 Å². The van der Waals surface area contributed by atoms with Gasteiger partial charge in [-0.1, -0.05) is 30.3 Å². The fourth-order valence-electron chi connectivity index (χ4n) is 4.64. The first-order chi connectivity index (χ1) is 17.0. The van der Waals surface area contributed by atoms with Gasteiger partial charge < -0.3 is 4.90 Å². The van der Waals surface area contributed by atoms with Crippen molar-refractivity contribution in [3.63, 3.8) is 0 Å². The minimum Gasteiger partial charge on any atom is -0.339 e. The van der Waals surface area contributed by atoms with E-state index in [0.717, 1.165) is 19.3 Å². The molecule has 5 rings (SSSR count). The van der Waals surface area contributed by atoms with E-state index in [1.165, 1.54) is 40.7 Å². The van der Waals surface area contributed by atoms with Crippen molar-refractivity contribution < 1.29 is 14.5 Å². The molecular weight excluding hydrogens is 444 g/mol. The molecule has 1 aromatic heterocycles. The number of hydrogen-bond donors (Lipinski definition) is 0. The molecule has 1 aliphatic heterocycles. The molecule has 1 amide bonds. The summed E-state index contributed by atoms with van der Waals surface area (Å²) < 4.78 is 1.37. The van der Waals surface area contributed by atoms with Gasteiger partial charge in [0.1, 0.15) is 6.33 Å². The van der Waals surface area contributed by atoms with E-state index < -0.39 is 4.92 Å². The fourth-order valence-corrected chi connectivity index (χ4v) is 4.64. The van der Waals surface area contributed by atoms with Gasteiger partial charge >= 0.3 is 0 Å². The lowest BCUT2D eigenvalue weighted by Crippen LogP contribution is -2.38. The molecule has 1 fully saturated rings. The highest BCUT2D eigenvalue weighted by Gasteiger charge is 2.24. The normalized spacial score (nSPS) is 14.2. The number of nitro benzene ring substituents is 1. The third kappa shape index (κ3) is 4.68. The highest BCUT2D eigenvalue weighted by molar-refractivity contribution is 6.03. The van der Waals surface area contributed by atoms with Gasteiger partial charge in [0.2, 0.25) is 0 Å². The van der Waals surface area contributed by atoms with Crippen LogP contribution < -0.4 is 0 Å². The Labute approximate surface area is 202 Å². The molecule has 8 nitrogen and oxygen atoms in total. The average Bonchev–Trinajstić information content (AvgIpc) is 3.32. The summed E-state index contributed by atoms with van der Waals surface area (Å²) in [5, 5.41) is 10.9. The number of carbonyl (C=O) groups excluding carboxylic acids is 2. The van der Waals surface area contributed by atoms with Gasteiger partial charge in [-0.2, -0.15) is 0 Å². The largest absolute Gasteiger partial charge is 0.339 e. The number of aromatic nitrogens is 2. The van der Waals surface area contributed by atoms with Crippen LogP contribution in [0.2, 0.25) is 0 Å². The number of amides is 1. The molecule has 0 spiro atoms. The van der Waals surface area contributed by atoms with Gasteiger partial charge in [-0.25, -0.2) is 4.98 Å². The highest BCUT2D eigenvalue weighted by Crippen LogP contribution is 2.24. The van der Waals surface area contributed by atoms with Crippen LogP contribution in [0.1, 0.15) is 39.1 Å². The van der Waals surface area contributed by atoms with Crippen LogP contribution >= 0.6 is 0 Å². The van der Waals surface area contributed by atoms with Crippen molar-refractivity contribution in [1.82, 2.24) is 14.5 Å². The summed E-state index contributed by atoms with van der Waals surface area (Å²) in [7, 11) is 0. The van der Waals surface area contributed by atoms with Gasteiger partial charge in [0.25, 0.3) is 17.5 Å². The van der Waals surface area contributed by atoms with E-state index in [9.17, 15) is 19.7 Å². The number of benzene rings is 3. The molecule has 35 heavy (non-hydrogen) atoms. The Morgan fingerprint density at radius 3 is 2.29 bits per heavy atom. The predicted octanol–water partition coefficient (Wildman–Crippen LogP) is 4.73.